The summed E-state index contributed by atoms with van der Waals surface area (Å²) in [7, 11) is -4.67. The third-order valence-electron chi connectivity index (χ3n) is 0. The molecule has 0 atom stereocenters. The van der Waals surface area contributed by atoms with Gasteiger partial charge in [-0.25, -0.2) is 0 Å². The first-order valence-electron chi connectivity index (χ1n) is 1.26. The van der Waals surface area contributed by atoms with Crippen LogP contribution in [-0.4, -0.2) is 27.8 Å². The summed E-state index contributed by atoms with van der Waals surface area (Å²) in [5.41, 5.74) is 0. The predicted molar refractivity (Wildman–Crippen MR) is 24.1 cm³/mol. The number of hydrogen-bond acceptors (Lipinski definition) is 4. The van der Waals surface area contributed by atoms with Crippen molar-refractivity contribution in [3.05, 3.63) is 10.1 Å². The maximum Gasteiger partial charge on any atom is 1.00 e. The molecule has 0 aromatic rings. The van der Waals surface area contributed by atoms with Gasteiger partial charge in [0.1, 0.15) is 0 Å². The van der Waals surface area contributed by atoms with Crippen molar-refractivity contribution in [2.45, 2.75) is 0 Å². The van der Waals surface area contributed by atoms with Crippen molar-refractivity contribution < 1.29 is 80.6 Å². The van der Waals surface area contributed by atoms with Crippen LogP contribution in [0.2, 0.25) is 0 Å². The summed E-state index contributed by atoms with van der Waals surface area (Å²) >= 11 is 0. The molecule has 0 fully saturated rings. The molecule has 10 heteroatoms. The molecule has 0 aromatic carbocycles. The van der Waals surface area contributed by atoms with E-state index in [0.717, 1.165) is 0 Å². The Kier molecular flexibility index (Phi) is 13.3. The second kappa shape index (κ2) is 7.81. The first-order valence-corrected chi connectivity index (χ1v) is 2.66. The van der Waals surface area contributed by atoms with Crippen LogP contribution in [0, 0.1) is 10.1 Å². The van der Waals surface area contributed by atoms with Crippen LogP contribution in [0.3, 0.4) is 0 Å². The second-order valence-electron chi connectivity index (χ2n) is 0.686. The van der Waals surface area contributed by atoms with Gasteiger partial charge >= 0.3 is 61.8 Å². The largest absolute Gasteiger partial charge is 1.00 e. The quantitative estimate of drug-likeness (QED) is 0.158. The van der Waals surface area contributed by atoms with Crippen molar-refractivity contribution in [2.24, 2.45) is 0 Å². The van der Waals surface area contributed by atoms with Gasteiger partial charge < -0.3 is 6.63 Å². The van der Waals surface area contributed by atoms with Gasteiger partial charge in [-0.2, -0.15) is 8.42 Å². The predicted octanol–water partition coefficient (Wildman–Crippen LogP) is -3.88. The molecule has 0 amide bonds. The molecule has 0 saturated carbocycles. The van der Waals surface area contributed by atoms with Gasteiger partial charge in [0.25, 0.3) is 5.09 Å². The van der Waals surface area contributed by atoms with E-state index < -0.39 is 15.5 Å². The van der Waals surface area contributed by atoms with Gasteiger partial charge in [0.15, 0.2) is 0 Å². The first kappa shape index (κ1) is 17.0. The number of rotatable bonds is 0. The fourth-order valence-corrected chi connectivity index (χ4v) is 0. The van der Waals surface area contributed by atoms with Crippen LogP contribution in [0.25, 0.3) is 0 Å². The smallest absolute Gasteiger partial charge is 1.00 e. The minimum absolute atomic E-state index is 0. The minimum atomic E-state index is -4.67. The molecule has 0 aliphatic rings. The van der Waals surface area contributed by atoms with E-state index in [9.17, 15) is 0 Å². The zero-order valence-corrected chi connectivity index (χ0v) is 8.77. The Morgan fingerprint density at radius 3 is 1.40 bits per heavy atom. The van der Waals surface area contributed by atoms with Crippen LogP contribution < -0.4 is 51.4 Å². The van der Waals surface area contributed by atoms with Crippen molar-refractivity contribution in [3.8, 4) is 0 Å². The van der Waals surface area contributed by atoms with E-state index in [1.165, 1.54) is 0 Å². The molecule has 0 radical (unpaired) electrons. The zero-order valence-electron chi connectivity index (χ0n) is 5.83. The van der Waals surface area contributed by atoms with Crippen LogP contribution >= 0.6 is 0 Å². The van der Waals surface area contributed by atoms with Gasteiger partial charge in [-0.3, -0.25) is 9.11 Å². The molecule has 0 spiro atoms. The summed E-state index contributed by atoms with van der Waals surface area (Å²) < 4.78 is 31.6. The molecule has 10 heavy (non-hydrogen) atoms. The van der Waals surface area contributed by atoms with E-state index in [-0.39, 0.29) is 52.8 Å². The molecule has 0 aliphatic heterocycles. The molecule has 0 heterocycles. The summed E-state index contributed by atoms with van der Waals surface area (Å²) in [6.07, 6.45) is 0. The average molecular weight is 201 g/mol. The first-order chi connectivity index (χ1) is 3.73. The topological polar surface area (TPSA) is 138 Å². The van der Waals surface area contributed by atoms with Crippen molar-refractivity contribution in [1.29, 1.82) is 0 Å². The Morgan fingerprint density at radius 1 is 1.40 bits per heavy atom. The normalized spacial score (nSPS) is 8.20. The molecule has 0 unspecified atom stereocenters. The summed E-state index contributed by atoms with van der Waals surface area (Å²) in [5, 5.41) is 13.6. The van der Waals surface area contributed by atoms with Gasteiger partial charge in [-0.05, 0) is 0 Å². The average Bonchev–Trinajstić information content (AvgIpc) is 1.19. The molecular formula is H4KNO7S. The molecule has 0 aromatic heterocycles. The Bertz CT molecular complexity index is 161. The van der Waals surface area contributed by atoms with Crippen molar-refractivity contribution in [1.82, 2.24) is 0 Å². The fraction of sp³-hybridized carbons (Fsp3) is 0. The molecular weight excluding hydrogens is 197 g/mol. The Morgan fingerprint density at radius 2 is 1.40 bits per heavy atom. The number of nitrogens with zero attached hydrogens (tertiary/aromatic N) is 1. The molecule has 58 valence electrons. The maximum atomic E-state index is 8.74. The summed E-state index contributed by atoms with van der Waals surface area (Å²) in [4.78, 5) is 8.36. The Labute approximate surface area is 99.8 Å². The maximum absolute atomic E-state index is 8.74. The fourth-order valence-electron chi connectivity index (χ4n) is 0. The van der Waals surface area contributed by atoms with Gasteiger partial charge in [-0.1, -0.05) is 0 Å². The second-order valence-corrected chi connectivity index (χ2v) is 1.58. The minimum Gasteiger partial charge on any atom is -1.00 e. The van der Waals surface area contributed by atoms with Crippen molar-refractivity contribution >= 4 is 10.4 Å². The third kappa shape index (κ3) is 1040. The van der Waals surface area contributed by atoms with E-state index in [1.54, 1.807) is 0 Å². The van der Waals surface area contributed by atoms with Crippen LogP contribution in [-0.2, 0) is 10.4 Å². The van der Waals surface area contributed by atoms with Crippen LogP contribution in [0.4, 0.5) is 0 Å². The van der Waals surface area contributed by atoms with E-state index in [0.29, 0.717) is 0 Å². The standard InChI is InChI=1S/K.HNO3.H2O4S.H/c;2-1(3)4;1-5(2,3)4;/h;(H,2,3,4);(H2,1,2,3,4);/q+1;;;-1. The van der Waals surface area contributed by atoms with Crippen LogP contribution in [0.1, 0.15) is 1.43 Å². The SMILES string of the molecule is O=S(=O)(O)O.O=[N+]([O-])O.[H-].[K+]. The summed E-state index contributed by atoms with van der Waals surface area (Å²) in [5.74, 6) is 0. The molecule has 0 aliphatic carbocycles. The van der Waals surface area contributed by atoms with Crippen molar-refractivity contribution in [3.63, 3.8) is 0 Å². The molecule has 3 N–H and O–H groups in total. The molecule has 0 bridgehead atoms. The Balaban J connectivity index is -0.0000000383. The zero-order chi connectivity index (χ0) is 8.08. The van der Waals surface area contributed by atoms with Crippen LogP contribution in [0.15, 0.2) is 0 Å². The molecule has 8 nitrogen and oxygen atoms in total. The van der Waals surface area contributed by atoms with Gasteiger partial charge in [0.05, 0.1) is 0 Å². The van der Waals surface area contributed by atoms with Gasteiger partial charge in [-0.15, -0.1) is 10.1 Å². The van der Waals surface area contributed by atoms with Gasteiger partial charge in [0, 0.05) is 0 Å². The van der Waals surface area contributed by atoms with E-state index in [4.69, 9.17) is 32.8 Å². The van der Waals surface area contributed by atoms with E-state index >= 15 is 0 Å². The van der Waals surface area contributed by atoms with Crippen LogP contribution in [0.5, 0.6) is 0 Å². The molecule has 0 saturated heterocycles. The summed E-state index contributed by atoms with van der Waals surface area (Å²) in [6, 6.07) is 0. The van der Waals surface area contributed by atoms with E-state index in [2.05, 4.69) is 0 Å². The van der Waals surface area contributed by atoms with Gasteiger partial charge in [0.2, 0.25) is 0 Å². The van der Waals surface area contributed by atoms with E-state index in [1.807, 2.05) is 0 Å². The Hall–Kier alpha value is 0.706. The number of hydrogen-bond donors (Lipinski definition) is 3. The summed E-state index contributed by atoms with van der Waals surface area (Å²) in [6.45, 7) is 0. The molecule has 0 rings (SSSR count). The van der Waals surface area contributed by atoms with Crippen molar-refractivity contribution in [2.75, 3.05) is 0 Å². The monoisotopic (exact) mass is 201 g/mol. The third-order valence-corrected chi connectivity index (χ3v) is 0.